The highest BCUT2D eigenvalue weighted by atomic mass is 19.1. The number of halogens is 1. The second kappa shape index (κ2) is 5.55. The summed E-state index contributed by atoms with van der Waals surface area (Å²) in [7, 11) is 1.59. The lowest BCUT2D eigenvalue weighted by Gasteiger charge is -2.19. The quantitative estimate of drug-likeness (QED) is 0.718. The van der Waals surface area contributed by atoms with Crippen LogP contribution in [0.1, 0.15) is 28.9 Å². The van der Waals surface area contributed by atoms with Crippen LogP contribution in [0, 0.1) is 5.82 Å². The number of carbonyl (C=O) groups is 1. The molecule has 3 aromatic rings. The van der Waals surface area contributed by atoms with E-state index < -0.39 is 5.91 Å². The molecule has 0 unspecified atom stereocenters. The van der Waals surface area contributed by atoms with Crippen molar-refractivity contribution in [2.24, 2.45) is 0 Å². The summed E-state index contributed by atoms with van der Waals surface area (Å²) in [6, 6.07) is 11.5. The molecule has 126 valence electrons. The Morgan fingerprint density at radius 3 is 2.64 bits per heavy atom. The molecule has 1 aliphatic rings. The number of anilines is 1. The number of hydrogen-bond acceptors (Lipinski definition) is 2. The predicted octanol–water partition coefficient (Wildman–Crippen LogP) is 3.53. The van der Waals surface area contributed by atoms with Crippen molar-refractivity contribution in [3.8, 4) is 0 Å². The molecule has 1 atom stereocenters. The van der Waals surface area contributed by atoms with Crippen molar-refractivity contribution in [1.82, 2.24) is 4.57 Å². The van der Waals surface area contributed by atoms with Crippen molar-refractivity contribution in [2.45, 2.75) is 19.4 Å². The van der Waals surface area contributed by atoms with Gasteiger partial charge in [0.15, 0.2) is 0 Å². The van der Waals surface area contributed by atoms with Crippen LogP contribution < -0.4 is 10.3 Å². The highest BCUT2D eigenvalue weighted by Gasteiger charge is 2.25. The van der Waals surface area contributed by atoms with Crippen LogP contribution in [-0.2, 0) is 6.42 Å². The van der Waals surface area contributed by atoms with Crippen LogP contribution in [0.4, 0.5) is 10.1 Å². The van der Waals surface area contributed by atoms with Crippen molar-refractivity contribution < 1.29 is 9.18 Å². The molecule has 0 bridgehead atoms. The van der Waals surface area contributed by atoms with Gasteiger partial charge in [0.1, 0.15) is 11.4 Å². The first-order chi connectivity index (χ1) is 12.0. The van der Waals surface area contributed by atoms with E-state index in [0.29, 0.717) is 11.1 Å². The first-order valence-corrected chi connectivity index (χ1v) is 8.17. The Balaban J connectivity index is 1.85. The molecule has 4 nitrogen and oxygen atoms in total. The molecule has 0 saturated carbocycles. The second-order valence-electron chi connectivity index (χ2n) is 6.49. The Morgan fingerprint density at radius 2 is 1.92 bits per heavy atom. The molecule has 0 saturated heterocycles. The van der Waals surface area contributed by atoms with E-state index in [0.717, 1.165) is 17.5 Å². The zero-order valence-electron chi connectivity index (χ0n) is 14.0. The standard InChI is InChI=1S/C20H17FN2O2/c1-12-10-13-4-3-5-16-18(13)23(12)11-17(19(16)24)20(25)22(2)15-8-6-14(21)7-9-15/h3-9,11-12H,10H2,1-2H3/t12-/m0/s1. The van der Waals surface area contributed by atoms with E-state index in [2.05, 4.69) is 6.92 Å². The SMILES string of the molecule is C[C@H]1Cc2cccc3c(=O)c(C(=O)N(C)c4ccc(F)cc4)cn1c23. The highest BCUT2D eigenvalue weighted by Crippen LogP contribution is 2.31. The molecule has 0 spiro atoms. The van der Waals surface area contributed by atoms with Crippen molar-refractivity contribution in [3.63, 3.8) is 0 Å². The fourth-order valence-electron chi connectivity index (χ4n) is 3.53. The van der Waals surface area contributed by atoms with Gasteiger partial charge in [-0.3, -0.25) is 9.59 Å². The third-order valence-corrected chi connectivity index (χ3v) is 4.87. The molecule has 1 aromatic heterocycles. The number of rotatable bonds is 2. The first-order valence-electron chi connectivity index (χ1n) is 8.17. The minimum absolute atomic E-state index is 0.130. The van der Waals surface area contributed by atoms with E-state index in [1.807, 2.05) is 16.7 Å². The maximum Gasteiger partial charge on any atom is 0.263 e. The van der Waals surface area contributed by atoms with Crippen molar-refractivity contribution in [1.29, 1.82) is 0 Å². The minimum atomic E-state index is -0.397. The van der Waals surface area contributed by atoms with Gasteiger partial charge in [-0.1, -0.05) is 12.1 Å². The number of hydrogen-bond donors (Lipinski definition) is 0. The maximum absolute atomic E-state index is 13.1. The number of pyridine rings is 1. The van der Waals surface area contributed by atoms with Crippen LogP contribution in [0.15, 0.2) is 53.5 Å². The van der Waals surface area contributed by atoms with Crippen LogP contribution in [0.2, 0.25) is 0 Å². The molecule has 1 amide bonds. The molecule has 4 rings (SSSR count). The van der Waals surface area contributed by atoms with Crippen LogP contribution in [0.3, 0.4) is 0 Å². The maximum atomic E-state index is 13.1. The summed E-state index contributed by atoms with van der Waals surface area (Å²) in [5.74, 6) is -0.767. The molecule has 5 heteroatoms. The van der Waals surface area contributed by atoms with E-state index in [9.17, 15) is 14.0 Å². The number of aromatic nitrogens is 1. The summed E-state index contributed by atoms with van der Waals surface area (Å²) < 4.78 is 15.1. The molecule has 0 radical (unpaired) electrons. The Morgan fingerprint density at radius 1 is 1.20 bits per heavy atom. The van der Waals surface area contributed by atoms with Crippen LogP contribution >= 0.6 is 0 Å². The van der Waals surface area contributed by atoms with Crippen molar-refractivity contribution in [3.05, 3.63) is 75.8 Å². The summed E-state index contributed by atoms with van der Waals surface area (Å²) in [5, 5.41) is 0.570. The number of nitrogens with zero attached hydrogens (tertiary/aromatic N) is 2. The van der Waals surface area contributed by atoms with Crippen LogP contribution in [0.5, 0.6) is 0 Å². The van der Waals surface area contributed by atoms with Gasteiger partial charge in [-0.15, -0.1) is 0 Å². The summed E-state index contributed by atoms with van der Waals surface area (Å²) in [6.45, 7) is 2.07. The van der Waals surface area contributed by atoms with Gasteiger partial charge in [-0.2, -0.15) is 0 Å². The van der Waals surface area contributed by atoms with Crippen LogP contribution in [0.25, 0.3) is 10.9 Å². The zero-order valence-corrected chi connectivity index (χ0v) is 14.0. The van der Waals surface area contributed by atoms with E-state index >= 15 is 0 Å². The molecular formula is C20H17FN2O2. The summed E-state index contributed by atoms with van der Waals surface area (Å²) >= 11 is 0. The Hall–Kier alpha value is -2.95. The summed E-state index contributed by atoms with van der Waals surface area (Å²) in [6.07, 6.45) is 2.51. The van der Waals surface area contributed by atoms with Gasteiger partial charge in [0.25, 0.3) is 5.91 Å². The largest absolute Gasteiger partial charge is 0.343 e. The molecule has 25 heavy (non-hydrogen) atoms. The lowest BCUT2D eigenvalue weighted by Crippen LogP contribution is -2.31. The smallest absolute Gasteiger partial charge is 0.263 e. The summed E-state index contributed by atoms with van der Waals surface area (Å²) in [5.41, 5.74) is 2.45. The Labute approximate surface area is 144 Å². The predicted molar refractivity (Wildman–Crippen MR) is 95.8 cm³/mol. The summed E-state index contributed by atoms with van der Waals surface area (Å²) in [4.78, 5) is 27.2. The molecule has 0 N–H and O–H groups in total. The third-order valence-electron chi connectivity index (χ3n) is 4.87. The van der Waals surface area contributed by atoms with Gasteiger partial charge >= 0.3 is 0 Å². The second-order valence-corrected chi connectivity index (χ2v) is 6.49. The molecule has 0 aliphatic carbocycles. The van der Waals surface area contributed by atoms with Gasteiger partial charge in [-0.05, 0) is 49.2 Å². The third kappa shape index (κ3) is 2.35. The number of amides is 1. The van der Waals surface area contributed by atoms with Gasteiger partial charge in [-0.25, -0.2) is 4.39 Å². The van der Waals surface area contributed by atoms with Gasteiger partial charge in [0.2, 0.25) is 5.43 Å². The zero-order chi connectivity index (χ0) is 17.7. The fraction of sp³-hybridized carbons (Fsp3) is 0.200. The molecule has 2 heterocycles. The first kappa shape index (κ1) is 15.6. The molecule has 0 fully saturated rings. The normalized spacial score (nSPS) is 15.6. The fourth-order valence-corrected chi connectivity index (χ4v) is 3.53. The highest BCUT2D eigenvalue weighted by molar-refractivity contribution is 6.07. The van der Waals surface area contributed by atoms with E-state index in [1.165, 1.54) is 29.2 Å². The lowest BCUT2D eigenvalue weighted by atomic mass is 10.1. The average molecular weight is 336 g/mol. The van der Waals surface area contributed by atoms with E-state index in [1.54, 1.807) is 19.3 Å². The van der Waals surface area contributed by atoms with Gasteiger partial charge < -0.3 is 9.47 Å². The molecular weight excluding hydrogens is 319 g/mol. The topological polar surface area (TPSA) is 42.3 Å². The van der Waals surface area contributed by atoms with Gasteiger partial charge in [0, 0.05) is 30.4 Å². The minimum Gasteiger partial charge on any atom is -0.343 e. The van der Waals surface area contributed by atoms with Gasteiger partial charge in [0.05, 0.1) is 5.52 Å². The number of carbonyl (C=O) groups excluding carboxylic acids is 1. The lowest BCUT2D eigenvalue weighted by molar-refractivity contribution is 0.0991. The number of benzene rings is 2. The average Bonchev–Trinajstić information content (AvgIpc) is 2.94. The van der Waals surface area contributed by atoms with Crippen LogP contribution in [-0.4, -0.2) is 17.5 Å². The van der Waals surface area contributed by atoms with E-state index in [4.69, 9.17) is 0 Å². The number of para-hydroxylation sites is 1. The monoisotopic (exact) mass is 336 g/mol. The van der Waals surface area contributed by atoms with E-state index in [-0.39, 0.29) is 22.9 Å². The molecule has 2 aromatic carbocycles. The Bertz CT molecular complexity index is 1050. The Kier molecular flexibility index (Phi) is 3.46. The molecule has 1 aliphatic heterocycles. The van der Waals surface area contributed by atoms with Crippen molar-refractivity contribution in [2.75, 3.05) is 11.9 Å². The van der Waals surface area contributed by atoms with Crippen molar-refractivity contribution >= 4 is 22.5 Å².